The van der Waals surface area contributed by atoms with Crippen molar-refractivity contribution in [3.63, 3.8) is 0 Å². The van der Waals surface area contributed by atoms with Gasteiger partial charge in [0.25, 0.3) is 0 Å². The highest BCUT2D eigenvalue weighted by Crippen LogP contribution is 2.24. The normalized spacial score (nSPS) is 16.9. The Kier molecular flexibility index (Phi) is 4.52. The number of likely N-dealkylation sites (tertiary alicyclic amines) is 1. The Labute approximate surface area is 123 Å². The van der Waals surface area contributed by atoms with Gasteiger partial charge in [0.2, 0.25) is 0 Å². The number of nitrogens with zero attached hydrogens (tertiary/aromatic N) is 5. The van der Waals surface area contributed by atoms with E-state index in [9.17, 15) is 0 Å². The maximum atomic E-state index is 4.39. The van der Waals surface area contributed by atoms with Crippen molar-refractivity contribution in [3.8, 4) is 0 Å². The Morgan fingerprint density at radius 1 is 1.20 bits per heavy atom. The van der Waals surface area contributed by atoms with Crippen LogP contribution in [0, 0.1) is 0 Å². The summed E-state index contributed by atoms with van der Waals surface area (Å²) in [7, 11) is 1.92. The van der Waals surface area contributed by atoms with Crippen LogP contribution in [0.4, 0.5) is 0 Å². The molecule has 3 rings (SSSR count). The van der Waals surface area contributed by atoms with Crippen LogP contribution in [0.2, 0.25) is 0 Å². The van der Waals surface area contributed by atoms with E-state index < -0.39 is 0 Å². The van der Waals surface area contributed by atoms with Gasteiger partial charge in [-0.2, -0.15) is 5.10 Å². The monoisotopic (exact) mass is 291 g/mol. The lowest BCUT2D eigenvalue weighted by Gasteiger charge is -2.26. The van der Waals surface area contributed by atoms with Crippen LogP contribution in [0.25, 0.3) is 11.0 Å². The summed E-state index contributed by atoms with van der Waals surface area (Å²) in [4.78, 5) is 11.2. The molecule has 6 heteroatoms. The van der Waals surface area contributed by atoms with Crippen molar-refractivity contribution in [2.75, 3.05) is 25.4 Å². The fourth-order valence-corrected chi connectivity index (χ4v) is 3.58. The highest BCUT2D eigenvalue weighted by Gasteiger charge is 2.10. The summed E-state index contributed by atoms with van der Waals surface area (Å²) >= 11 is 1.82. The van der Waals surface area contributed by atoms with Crippen LogP contribution in [-0.2, 0) is 7.05 Å². The summed E-state index contributed by atoms with van der Waals surface area (Å²) in [6.07, 6.45) is 8.87. The van der Waals surface area contributed by atoms with E-state index >= 15 is 0 Å². The van der Waals surface area contributed by atoms with Crippen LogP contribution in [0.5, 0.6) is 0 Å². The number of aryl methyl sites for hydroxylation is 1. The van der Waals surface area contributed by atoms with Gasteiger partial charge in [-0.1, -0.05) is 6.42 Å². The predicted molar refractivity (Wildman–Crippen MR) is 81.9 cm³/mol. The molecule has 1 aliphatic heterocycles. The summed E-state index contributed by atoms with van der Waals surface area (Å²) < 4.78 is 1.80. The first-order valence-electron chi connectivity index (χ1n) is 7.32. The fraction of sp³-hybridized carbons (Fsp3) is 0.643. The number of hydrogen-bond acceptors (Lipinski definition) is 5. The average molecular weight is 291 g/mol. The minimum absolute atomic E-state index is 0.915. The number of aromatic nitrogens is 4. The third kappa shape index (κ3) is 3.12. The van der Waals surface area contributed by atoms with Gasteiger partial charge in [0.1, 0.15) is 11.4 Å². The van der Waals surface area contributed by atoms with Crippen LogP contribution in [0.3, 0.4) is 0 Å². The maximum Gasteiger partial charge on any atom is 0.162 e. The first-order valence-corrected chi connectivity index (χ1v) is 8.31. The molecule has 0 saturated carbocycles. The largest absolute Gasteiger partial charge is 0.303 e. The Morgan fingerprint density at radius 2 is 2.05 bits per heavy atom. The second-order valence-electron chi connectivity index (χ2n) is 5.29. The number of piperidine rings is 1. The molecule has 3 heterocycles. The molecule has 0 radical (unpaired) electrons. The summed E-state index contributed by atoms with van der Waals surface area (Å²) in [6, 6.07) is 0. The minimum Gasteiger partial charge on any atom is -0.303 e. The first kappa shape index (κ1) is 13.8. The smallest absolute Gasteiger partial charge is 0.162 e. The van der Waals surface area contributed by atoms with Gasteiger partial charge in [0.15, 0.2) is 5.65 Å². The van der Waals surface area contributed by atoms with Crippen molar-refractivity contribution in [2.24, 2.45) is 7.05 Å². The molecule has 0 N–H and O–H groups in total. The van der Waals surface area contributed by atoms with E-state index in [-0.39, 0.29) is 0 Å². The van der Waals surface area contributed by atoms with Crippen LogP contribution in [0.1, 0.15) is 25.7 Å². The third-order valence-corrected chi connectivity index (χ3v) is 4.89. The molecular formula is C14H21N5S. The van der Waals surface area contributed by atoms with Gasteiger partial charge in [-0.05, 0) is 38.9 Å². The van der Waals surface area contributed by atoms with Crippen LogP contribution >= 0.6 is 11.8 Å². The topological polar surface area (TPSA) is 46.8 Å². The van der Waals surface area contributed by atoms with Crippen LogP contribution in [0.15, 0.2) is 17.6 Å². The van der Waals surface area contributed by atoms with Crippen molar-refractivity contribution in [1.29, 1.82) is 0 Å². The average Bonchev–Trinajstić information content (AvgIpc) is 2.87. The highest BCUT2D eigenvalue weighted by molar-refractivity contribution is 7.99. The molecule has 20 heavy (non-hydrogen) atoms. The zero-order valence-corrected chi connectivity index (χ0v) is 12.8. The number of rotatable bonds is 5. The third-order valence-electron chi connectivity index (χ3n) is 3.80. The molecule has 2 aromatic heterocycles. The van der Waals surface area contributed by atoms with Gasteiger partial charge in [0, 0.05) is 12.8 Å². The van der Waals surface area contributed by atoms with E-state index in [0.29, 0.717) is 0 Å². The van der Waals surface area contributed by atoms with E-state index in [1.165, 1.54) is 45.3 Å². The molecule has 0 aliphatic carbocycles. The van der Waals surface area contributed by atoms with Gasteiger partial charge < -0.3 is 4.90 Å². The molecule has 2 aromatic rings. The van der Waals surface area contributed by atoms with E-state index in [1.54, 1.807) is 11.0 Å². The summed E-state index contributed by atoms with van der Waals surface area (Å²) in [5.41, 5.74) is 0.915. The molecule has 0 spiro atoms. The van der Waals surface area contributed by atoms with Crippen molar-refractivity contribution < 1.29 is 0 Å². The van der Waals surface area contributed by atoms with Crippen LogP contribution < -0.4 is 0 Å². The fourth-order valence-electron chi connectivity index (χ4n) is 2.70. The molecule has 0 amide bonds. The first-order chi connectivity index (χ1) is 9.84. The lowest BCUT2D eigenvalue weighted by Crippen LogP contribution is -2.30. The van der Waals surface area contributed by atoms with Crippen molar-refractivity contribution >= 4 is 22.8 Å². The second kappa shape index (κ2) is 6.54. The van der Waals surface area contributed by atoms with E-state index in [4.69, 9.17) is 0 Å². The Bertz CT molecular complexity index is 562. The molecule has 1 aliphatic rings. The molecule has 5 nitrogen and oxygen atoms in total. The zero-order valence-electron chi connectivity index (χ0n) is 12.0. The van der Waals surface area contributed by atoms with Crippen LogP contribution in [-0.4, -0.2) is 50.0 Å². The zero-order chi connectivity index (χ0) is 13.8. The molecule has 1 saturated heterocycles. The number of hydrogen-bond donors (Lipinski definition) is 0. The molecule has 0 bridgehead atoms. The molecule has 0 aromatic carbocycles. The predicted octanol–water partition coefficient (Wildman–Crippen LogP) is 2.33. The Hall–Kier alpha value is -1.14. The van der Waals surface area contributed by atoms with Gasteiger partial charge in [-0.3, -0.25) is 4.68 Å². The molecule has 0 atom stereocenters. The maximum absolute atomic E-state index is 4.39. The second-order valence-corrected chi connectivity index (χ2v) is 6.37. The highest BCUT2D eigenvalue weighted by atomic mass is 32.2. The molecule has 108 valence electrons. The van der Waals surface area contributed by atoms with E-state index in [0.717, 1.165) is 21.8 Å². The quantitative estimate of drug-likeness (QED) is 0.481. The standard InChI is InChI=1S/C14H21N5S/c1-18-13-12(10-17-18)14(16-11-15-13)20-9-5-8-19-6-3-2-4-7-19/h10-11H,2-9H2,1H3. The Balaban J connectivity index is 1.52. The summed E-state index contributed by atoms with van der Waals surface area (Å²) in [5.74, 6) is 1.11. The Morgan fingerprint density at radius 3 is 2.90 bits per heavy atom. The molecule has 0 unspecified atom stereocenters. The van der Waals surface area contributed by atoms with Gasteiger partial charge in [-0.15, -0.1) is 11.8 Å². The lowest BCUT2D eigenvalue weighted by molar-refractivity contribution is 0.230. The summed E-state index contributed by atoms with van der Waals surface area (Å²) in [5, 5.41) is 6.38. The van der Waals surface area contributed by atoms with Crippen molar-refractivity contribution in [3.05, 3.63) is 12.5 Å². The minimum atomic E-state index is 0.915. The van der Waals surface area contributed by atoms with E-state index in [2.05, 4.69) is 20.0 Å². The number of fused-ring (bicyclic) bond motifs is 1. The van der Waals surface area contributed by atoms with Crippen molar-refractivity contribution in [1.82, 2.24) is 24.6 Å². The van der Waals surface area contributed by atoms with Crippen molar-refractivity contribution in [2.45, 2.75) is 30.7 Å². The van der Waals surface area contributed by atoms with Gasteiger partial charge >= 0.3 is 0 Å². The molecular weight excluding hydrogens is 270 g/mol. The number of thioether (sulfide) groups is 1. The lowest BCUT2D eigenvalue weighted by atomic mass is 10.1. The van der Waals surface area contributed by atoms with Gasteiger partial charge in [-0.25, -0.2) is 9.97 Å². The van der Waals surface area contributed by atoms with Gasteiger partial charge in [0.05, 0.1) is 11.6 Å². The molecule has 1 fully saturated rings. The van der Waals surface area contributed by atoms with E-state index in [1.807, 2.05) is 25.0 Å². The SMILES string of the molecule is Cn1ncc2c(SCCCN3CCCCC3)ncnc21. The summed E-state index contributed by atoms with van der Waals surface area (Å²) in [6.45, 7) is 3.78.